The fourth-order valence-corrected chi connectivity index (χ4v) is 3.89. The molecule has 0 atom stereocenters. The standard InChI is InChI=1S/C18H15NOS/c20-11-14-5-3-4-13-8-9-19(18(13)14)10-15-12-21-17-7-2-1-6-16(15)17/h1-9,12,20H,10-11H2. The molecule has 0 aliphatic rings. The molecule has 2 nitrogen and oxygen atoms in total. The first-order valence-electron chi connectivity index (χ1n) is 6.99. The van der Waals surface area contributed by atoms with Gasteiger partial charge in [-0.25, -0.2) is 0 Å². The highest BCUT2D eigenvalue weighted by Gasteiger charge is 2.09. The van der Waals surface area contributed by atoms with Crippen molar-refractivity contribution >= 4 is 32.3 Å². The Morgan fingerprint density at radius 3 is 2.76 bits per heavy atom. The van der Waals surface area contributed by atoms with Crippen LogP contribution in [0.25, 0.3) is 21.0 Å². The summed E-state index contributed by atoms with van der Waals surface area (Å²) in [7, 11) is 0. The highest BCUT2D eigenvalue weighted by Crippen LogP contribution is 2.28. The van der Waals surface area contributed by atoms with E-state index in [-0.39, 0.29) is 6.61 Å². The van der Waals surface area contributed by atoms with Crippen molar-refractivity contribution in [1.29, 1.82) is 0 Å². The SMILES string of the molecule is OCc1cccc2ccn(Cc3csc4ccccc34)c12. The maximum atomic E-state index is 9.57. The zero-order valence-electron chi connectivity index (χ0n) is 11.5. The summed E-state index contributed by atoms with van der Waals surface area (Å²) in [6, 6.07) is 16.7. The van der Waals surface area contributed by atoms with Gasteiger partial charge in [0.05, 0.1) is 12.1 Å². The van der Waals surface area contributed by atoms with Crippen LogP contribution in [0.15, 0.2) is 60.1 Å². The summed E-state index contributed by atoms with van der Waals surface area (Å²) in [5.41, 5.74) is 3.45. The summed E-state index contributed by atoms with van der Waals surface area (Å²) >= 11 is 1.79. The summed E-state index contributed by atoms with van der Waals surface area (Å²) < 4.78 is 3.56. The van der Waals surface area contributed by atoms with Gasteiger partial charge in [0.25, 0.3) is 0 Å². The average Bonchev–Trinajstić information content (AvgIpc) is 3.13. The van der Waals surface area contributed by atoms with Gasteiger partial charge >= 0.3 is 0 Å². The summed E-state index contributed by atoms with van der Waals surface area (Å²) in [5, 5.41) is 14.3. The van der Waals surface area contributed by atoms with Gasteiger partial charge < -0.3 is 9.67 Å². The number of thiophene rings is 1. The van der Waals surface area contributed by atoms with Gasteiger partial charge in [-0.05, 0) is 33.8 Å². The molecule has 0 aliphatic heterocycles. The number of fused-ring (bicyclic) bond motifs is 2. The van der Waals surface area contributed by atoms with Crippen molar-refractivity contribution in [1.82, 2.24) is 4.57 Å². The van der Waals surface area contributed by atoms with Gasteiger partial charge in [0.15, 0.2) is 0 Å². The maximum Gasteiger partial charge on any atom is 0.0702 e. The predicted octanol–water partition coefficient (Wildman–Crippen LogP) is 4.40. The molecular weight excluding hydrogens is 278 g/mol. The minimum absolute atomic E-state index is 0.0751. The van der Waals surface area contributed by atoms with Crippen LogP contribution in [-0.2, 0) is 13.2 Å². The van der Waals surface area contributed by atoms with E-state index in [2.05, 4.69) is 52.5 Å². The van der Waals surface area contributed by atoms with Crippen molar-refractivity contribution < 1.29 is 5.11 Å². The third-order valence-electron chi connectivity index (χ3n) is 3.94. The Hall–Kier alpha value is -2.10. The third-order valence-corrected chi connectivity index (χ3v) is 4.96. The summed E-state index contributed by atoms with van der Waals surface area (Å²) in [6.45, 7) is 0.913. The second kappa shape index (κ2) is 5.02. The molecule has 21 heavy (non-hydrogen) atoms. The van der Waals surface area contributed by atoms with Crippen LogP contribution >= 0.6 is 11.3 Å². The van der Waals surface area contributed by atoms with Crippen molar-refractivity contribution in [2.75, 3.05) is 0 Å². The number of rotatable bonds is 3. The minimum Gasteiger partial charge on any atom is -0.392 e. The maximum absolute atomic E-state index is 9.57. The monoisotopic (exact) mass is 293 g/mol. The van der Waals surface area contributed by atoms with Crippen molar-refractivity contribution in [2.45, 2.75) is 13.2 Å². The summed E-state index contributed by atoms with van der Waals surface area (Å²) in [4.78, 5) is 0. The van der Waals surface area contributed by atoms with Gasteiger partial charge in [-0.15, -0.1) is 11.3 Å². The Labute approximate surface area is 126 Å². The predicted molar refractivity (Wildman–Crippen MR) is 88.8 cm³/mol. The van der Waals surface area contributed by atoms with Gasteiger partial charge in [-0.1, -0.05) is 36.4 Å². The zero-order chi connectivity index (χ0) is 14.2. The normalized spacial score (nSPS) is 11.5. The average molecular weight is 293 g/mol. The number of hydrogen-bond donors (Lipinski definition) is 1. The molecule has 0 fully saturated rings. The summed E-state index contributed by atoms with van der Waals surface area (Å²) in [6.07, 6.45) is 2.11. The van der Waals surface area contributed by atoms with E-state index in [1.807, 2.05) is 12.1 Å². The van der Waals surface area contributed by atoms with Crippen LogP contribution in [0.3, 0.4) is 0 Å². The quantitative estimate of drug-likeness (QED) is 0.595. The van der Waals surface area contributed by atoms with E-state index in [1.165, 1.54) is 21.0 Å². The Morgan fingerprint density at radius 2 is 1.86 bits per heavy atom. The van der Waals surface area contributed by atoms with Crippen LogP contribution in [0.5, 0.6) is 0 Å². The first kappa shape index (κ1) is 12.6. The number of aliphatic hydroxyl groups is 1. The minimum atomic E-state index is 0.0751. The third kappa shape index (κ3) is 2.06. The van der Waals surface area contributed by atoms with Crippen molar-refractivity contribution in [3.05, 3.63) is 71.2 Å². The first-order chi connectivity index (χ1) is 10.4. The van der Waals surface area contributed by atoms with Crippen molar-refractivity contribution in [3.63, 3.8) is 0 Å². The van der Waals surface area contributed by atoms with E-state index in [9.17, 15) is 5.11 Å². The van der Waals surface area contributed by atoms with Crippen LogP contribution in [0, 0.1) is 0 Å². The molecule has 2 aromatic carbocycles. The fourth-order valence-electron chi connectivity index (χ4n) is 2.94. The Bertz CT molecular complexity index is 919. The molecule has 2 heterocycles. The second-order valence-corrected chi connectivity index (χ2v) is 6.13. The molecule has 0 saturated heterocycles. The van der Waals surface area contributed by atoms with Crippen molar-refractivity contribution in [2.24, 2.45) is 0 Å². The smallest absolute Gasteiger partial charge is 0.0702 e. The number of aliphatic hydroxyl groups excluding tert-OH is 1. The van der Waals surface area contributed by atoms with Crippen LogP contribution in [0.1, 0.15) is 11.1 Å². The largest absolute Gasteiger partial charge is 0.392 e. The Balaban J connectivity index is 1.84. The molecule has 0 bridgehead atoms. The molecule has 104 valence electrons. The molecule has 0 aliphatic carbocycles. The molecule has 4 aromatic rings. The van der Waals surface area contributed by atoms with Crippen molar-refractivity contribution in [3.8, 4) is 0 Å². The van der Waals surface area contributed by atoms with E-state index in [4.69, 9.17) is 0 Å². The number of nitrogens with zero attached hydrogens (tertiary/aromatic N) is 1. The lowest BCUT2D eigenvalue weighted by Gasteiger charge is -2.08. The molecule has 3 heteroatoms. The molecule has 2 aromatic heterocycles. The van der Waals surface area contributed by atoms with E-state index in [0.29, 0.717) is 0 Å². The topological polar surface area (TPSA) is 25.2 Å². The molecule has 0 spiro atoms. The zero-order valence-corrected chi connectivity index (χ0v) is 12.3. The molecule has 0 radical (unpaired) electrons. The van der Waals surface area contributed by atoms with E-state index in [1.54, 1.807) is 11.3 Å². The van der Waals surface area contributed by atoms with Gasteiger partial charge in [0.1, 0.15) is 0 Å². The van der Waals surface area contributed by atoms with Crippen LogP contribution in [0.2, 0.25) is 0 Å². The molecule has 0 amide bonds. The van der Waals surface area contributed by atoms with Crippen LogP contribution in [-0.4, -0.2) is 9.67 Å². The first-order valence-corrected chi connectivity index (χ1v) is 7.87. The number of aromatic nitrogens is 1. The highest BCUT2D eigenvalue weighted by atomic mass is 32.1. The molecule has 4 rings (SSSR count). The van der Waals surface area contributed by atoms with Gasteiger partial charge in [0, 0.05) is 23.0 Å². The number of benzene rings is 2. The van der Waals surface area contributed by atoms with Gasteiger partial charge in [-0.2, -0.15) is 0 Å². The summed E-state index contributed by atoms with van der Waals surface area (Å²) in [5.74, 6) is 0. The lowest BCUT2D eigenvalue weighted by Crippen LogP contribution is -1.99. The second-order valence-electron chi connectivity index (χ2n) is 5.21. The number of hydrogen-bond acceptors (Lipinski definition) is 2. The molecule has 1 N–H and O–H groups in total. The molecule has 0 unspecified atom stereocenters. The Kier molecular flexibility index (Phi) is 3.02. The van der Waals surface area contributed by atoms with Crippen LogP contribution < -0.4 is 0 Å². The van der Waals surface area contributed by atoms with Crippen LogP contribution in [0.4, 0.5) is 0 Å². The highest BCUT2D eigenvalue weighted by molar-refractivity contribution is 7.17. The van der Waals surface area contributed by atoms with E-state index in [0.717, 1.165) is 17.6 Å². The molecule has 0 saturated carbocycles. The lowest BCUT2D eigenvalue weighted by molar-refractivity contribution is 0.283. The van der Waals surface area contributed by atoms with Gasteiger partial charge in [0.2, 0.25) is 0 Å². The van der Waals surface area contributed by atoms with E-state index < -0.39 is 0 Å². The van der Waals surface area contributed by atoms with E-state index >= 15 is 0 Å². The Morgan fingerprint density at radius 1 is 0.952 bits per heavy atom. The fraction of sp³-hybridized carbons (Fsp3) is 0.111. The molecular formula is C18H15NOS. The lowest BCUT2D eigenvalue weighted by atomic mass is 10.1. The van der Waals surface area contributed by atoms with Gasteiger partial charge in [-0.3, -0.25) is 0 Å². The number of para-hydroxylation sites is 1.